The minimum atomic E-state index is -0.374. The number of amides is 1. The first kappa shape index (κ1) is 17.8. The predicted octanol–water partition coefficient (Wildman–Crippen LogP) is 4.62. The van der Waals surface area contributed by atoms with Crippen LogP contribution in [-0.4, -0.2) is 15.9 Å². The van der Waals surface area contributed by atoms with Gasteiger partial charge in [0.25, 0.3) is 5.91 Å². The number of halogens is 1. The minimum Gasteiger partial charge on any atom is -0.438 e. The number of aromatic amines is 1. The first-order valence-electron chi connectivity index (χ1n) is 8.41. The number of benzene rings is 2. The molecule has 4 rings (SSSR count). The fourth-order valence-corrected chi connectivity index (χ4v) is 2.82. The van der Waals surface area contributed by atoms with Crippen LogP contribution in [0.5, 0.6) is 11.6 Å². The normalized spacial score (nSPS) is 10.6. The summed E-state index contributed by atoms with van der Waals surface area (Å²) >= 11 is 5.88. The fourth-order valence-electron chi connectivity index (χ4n) is 2.70. The summed E-state index contributed by atoms with van der Waals surface area (Å²) in [5.74, 6) is 0.322. The number of H-pyrrole nitrogens is 1. The van der Waals surface area contributed by atoms with Gasteiger partial charge < -0.3 is 15.0 Å². The highest BCUT2D eigenvalue weighted by Gasteiger charge is 2.15. The Morgan fingerprint density at radius 3 is 2.68 bits per heavy atom. The van der Waals surface area contributed by atoms with Gasteiger partial charge in [-0.1, -0.05) is 17.7 Å². The van der Waals surface area contributed by atoms with Crippen molar-refractivity contribution in [3.63, 3.8) is 0 Å². The van der Waals surface area contributed by atoms with Crippen LogP contribution >= 0.6 is 11.6 Å². The summed E-state index contributed by atoms with van der Waals surface area (Å²) in [6, 6.07) is 16.8. The summed E-state index contributed by atoms with van der Waals surface area (Å²) in [5, 5.41) is 4.99. The molecule has 2 N–H and O–H groups in total. The van der Waals surface area contributed by atoms with Gasteiger partial charge >= 0.3 is 0 Å². The topological polar surface area (TPSA) is 84.1 Å². The van der Waals surface area contributed by atoms with Crippen LogP contribution in [0.2, 0.25) is 5.02 Å². The maximum atomic E-state index is 12.8. The summed E-state index contributed by atoms with van der Waals surface area (Å²) in [4.78, 5) is 31.0. The zero-order valence-electron chi connectivity index (χ0n) is 14.5. The van der Waals surface area contributed by atoms with Crippen molar-refractivity contribution in [1.82, 2.24) is 9.97 Å². The van der Waals surface area contributed by atoms with Gasteiger partial charge in [-0.2, -0.15) is 0 Å². The molecule has 0 aliphatic rings. The number of rotatable bonds is 4. The number of pyridine rings is 2. The summed E-state index contributed by atoms with van der Waals surface area (Å²) in [6.07, 6.45) is 3.17. The molecule has 138 valence electrons. The van der Waals surface area contributed by atoms with E-state index in [1.165, 1.54) is 6.07 Å². The molecule has 1 amide bonds. The highest BCUT2D eigenvalue weighted by molar-refractivity contribution is 6.30. The lowest BCUT2D eigenvalue weighted by molar-refractivity contribution is 0.102. The molecule has 7 heteroatoms. The van der Waals surface area contributed by atoms with Gasteiger partial charge in [0.15, 0.2) is 0 Å². The second kappa shape index (κ2) is 7.54. The molecule has 0 aliphatic heterocycles. The van der Waals surface area contributed by atoms with Crippen molar-refractivity contribution in [2.24, 2.45) is 0 Å². The van der Waals surface area contributed by atoms with Crippen molar-refractivity contribution in [3.05, 3.63) is 94.0 Å². The van der Waals surface area contributed by atoms with Crippen LogP contribution in [-0.2, 0) is 0 Å². The number of ether oxygens (including phenoxy) is 1. The maximum Gasteiger partial charge on any atom is 0.261 e. The number of carbonyl (C=O) groups is 1. The van der Waals surface area contributed by atoms with E-state index < -0.39 is 0 Å². The van der Waals surface area contributed by atoms with E-state index in [1.54, 1.807) is 60.9 Å². The largest absolute Gasteiger partial charge is 0.438 e. The first-order chi connectivity index (χ1) is 13.6. The Morgan fingerprint density at radius 1 is 1.04 bits per heavy atom. The van der Waals surface area contributed by atoms with E-state index in [1.807, 2.05) is 6.07 Å². The van der Waals surface area contributed by atoms with Crippen LogP contribution in [0.4, 0.5) is 5.69 Å². The Labute approximate surface area is 164 Å². The lowest BCUT2D eigenvalue weighted by atomic mass is 10.1. The smallest absolute Gasteiger partial charge is 0.261 e. The summed E-state index contributed by atoms with van der Waals surface area (Å²) < 4.78 is 5.73. The Bertz CT molecular complexity index is 1220. The van der Waals surface area contributed by atoms with Gasteiger partial charge in [-0.3, -0.25) is 9.59 Å². The molecule has 6 nitrogen and oxygen atoms in total. The lowest BCUT2D eigenvalue weighted by Gasteiger charge is -2.11. The van der Waals surface area contributed by atoms with Crippen LogP contribution in [0.15, 0.2) is 77.9 Å². The van der Waals surface area contributed by atoms with Crippen molar-refractivity contribution in [2.75, 3.05) is 5.32 Å². The third-order valence-corrected chi connectivity index (χ3v) is 4.30. The molecule has 0 radical (unpaired) electrons. The molecule has 2 aromatic carbocycles. The molecule has 0 fully saturated rings. The number of aromatic nitrogens is 2. The van der Waals surface area contributed by atoms with Crippen molar-refractivity contribution in [2.45, 2.75) is 0 Å². The fraction of sp³-hybridized carbons (Fsp3) is 0. The van der Waals surface area contributed by atoms with Gasteiger partial charge in [-0.05, 0) is 59.3 Å². The molecule has 4 aromatic rings. The first-order valence-corrected chi connectivity index (χ1v) is 8.78. The van der Waals surface area contributed by atoms with Gasteiger partial charge in [0.05, 0.1) is 0 Å². The number of nitrogens with one attached hydrogen (secondary N) is 2. The third kappa shape index (κ3) is 3.87. The maximum absolute atomic E-state index is 12.8. The van der Waals surface area contributed by atoms with E-state index in [-0.39, 0.29) is 22.9 Å². The molecule has 0 spiro atoms. The standard InChI is InChI=1S/C21H14ClN3O3/c22-15-4-7-17(8-5-15)28-21-18(2-1-9-23-21)20(27)25-16-6-3-13-12-24-19(26)11-14(13)10-16/h1-12H,(H,24,26)(H,25,27). The van der Waals surface area contributed by atoms with Gasteiger partial charge in [0.2, 0.25) is 11.4 Å². The molecule has 0 saturated heterocycles. The molecular formula is C21H14ClN3O3. The molecular weight excluding hydrogens is 378 g/mol. The van der Waals surface area contributed by atoms with Crippen molar-refractivity contribution in [1.29, 1.82) is 0 Å². The van der Waals surface area contributed by atoms with E-state index >= 15 is 0 Å². The van der Waals surface area contributed by atoms with Crippen LogP contribution in [0.1, 0.15) is 10.4 Å². The summed E-state index contributed by atoms with van der Waals surface area (Å²) in [7, 11) is 0. The van der Waals surface area contributed by atoms with Crippen LogP contribution in [0.3, 0.4) is 0 Å². The van der Waals surface area contributed by atoms with Crippen LogP contribution < -0.4 is 15.6 Å². The molecule has 0 saturated carbocycles. The lowest BCUT2D eigenvalue weighted by Crippen LogP contribution is -2.13. The minimum absolute atomic E-state index is 0.180. The molecule has 28 heavy (non-hydrogen) atoms. The average molecular weight is 392 g/mol. The van der Waals surface area contributed by atoms with Gasteiger partial charge in [-0.15, -0.1) is 0 Å². The number of carbonyl (C=O) groups excluding carboxylic acids is 1. The summed E-state index contributed by atoms with van der Waals surface area (Å²) in [6.45, 7) is 0. The monoisotopic (exact) mass is 391 g/mol. The van der Waals surface area contributed by atoms with E-state index in [2.05, 4.69) is 15.3 Å². The number of fused-ring (bicyclic) bond motifs is 1. The molecule has 0 unspecified atom stereocenters. The van der Waals surface area contributed by atoms with E-state index in [0.29, 0.717) is 16.5 Å². The van der Waals surface area contributed by atoms with Crippen molar-refractivity contribution < 1.29 is 9.53 Å². The quantitative estimate of drug-likeness (QED) is 0.531. The molecule has 0 aliphatic carbocycles. The Balaban J connectivity index is 1.60. The highest BCUT2D eigenvalue weighted by Crippen LogP contribution is 2.25. The van der Waals surface area contributed by atoms with Crippen molar-refractivity contribution >= 4 is 34.0 Å². The zero-order valence-corrected chi connectivity index (χ0v) is 15.2. The summed E-state index contributed by atoms with van der Waals surface area (Å²) in [5.41, 5.74) is 0.634. The number of anilines is 1. The molecule has 0 bridgehead atoms. The predicted molar refractivity (Wildman–Crippen MR) is 108 cm³/mol. The third-order valence-electron chi connectivity index (χ3n) is 4.05. The molecule has 0 atom stereocenters. The Hall–Kier alpha value is -3.64. The number of nitrogens with zero attached hydrogens (tertiary/aromatic N) is 1. The average Bonchev–Trinajstić information content (AvgIpc) is 2.70. The van der Waals surface area contributed by atoms with Crippen LogP contribution in [0, 0.1) is 0 Å². The van der Waals surface area contributed by atoms with E-state index in [0.717, 1.165) is 10.8 Å². The SMILES string of the molecule is O=C(Nc1ccc2c[nH]c(=O)cc2c1)c1cccnc1Oc1ccc(Cl)cc1. The highest BCUT2D eigenvalue weighted by atomic mass is 35.5. The van der Waals surface area contributed by atoms with Crippen LogP contribution in [0.25, 0.3) is 10.8 Å². The second-order valence-electron chi connectivity index (χ2n) is 6.01. The second-order valence-corrected chi connectivity index (χ2v) is 6.44. The Kier molecular flexibility index (Phi) is 4.78. The Morgan fingerprint density at radius 2 is 1.86 bits per heavy atom. The number of hydrogen-bond donors (Lipinski definition) is 2. The molecule has 2 heterocycles. The van der Waals surface area contributed by atoms with Gasteiger partial charge in [0.1, 0.15) is 11.3 Å². The van der Waals surface area contributed by atoms with E-state index in [9.17, 15) is 9.59 Å². The van der Waals surface area contributed by atoms with Crippen molar-refractivity contribution in [3.8, 4) is 11.6 Å². The number of hydrogen-bond acceptors (Lipinski definition) is 4. The van der Waals surface area contributed by atoms with E-state index in [4.69, 9.17) is 16.3 Å². The van der Waals surface area contributed by atoms with Gasteiger partial charge in [-0.25, -0.2) is 4.98 Å². The van der Waals surface area contributed by atoms with Gasteiger partial charge in [0, 0.05) is 29.2 Å². The molecule has 2 aromatic heterocycles. The zero-order chi connectivity index (χ0) is 19.5.